The standard InChI is InChI=1S/C15H26N2/c1-9-7-10(2)12(4)14(11(9)3)13(16)8-15(5,6)17/h7,13H,8,16-17H2,1-6H3. The summed E-state index contributed by atoms with van der Waals surface area (Å²) in [6, 6.07) is 2.25. The second-order valence-electron chi connectivity index (χ2n) is 5.97. The monoisotopic (exact) mass is 234 g/mol. The highest BCUT2D eigenvalue weighted by atomic mass is 14.7. The molecule has 1 aromatic carbocycles. The molecule has 0 aromatic heterocycles. The summed E-state index contributed by atoms with van der Waals surface area (Å²) < 4.78 is 0. The summed E-state index contributed by atoms with van der Waals surface area (Å²) in [6.07, 6.45) is 0.803. The van der Waals surface area contributed by atoms with Crippen LogP contribution in [0.2, 0.25) is 0 Å². The van der Waals surface area contributed by atoms with Gasteiger partial charge in [-0.25, -0.2) is 0 Å². The summed E-state index contributed by atoms with van der Waals surface area (Å²) >= 11 is 0. The number of hydrogen-bond donors (Lipinski definition) is 2. The second-order valence-corrected chi connectivity index (χ2v) is 5.97. The van der Waals surface area contributed by atoms with Crippen molar-refractivity contribution in [3.8, 4) is 0 Å². The first-order valence-corrected chi connectivity index (χ1v) is 6.25. The summed E-state index contributed by atoms with van der Waals surface area (Å²) in [4.78, 5) is 0. The second kappa shape index (κ2) is 4.79. The summed E-state index contributed by atoms with van der Waals surface area (Å²) in [5, 5.41) is 0. The number of benzene rings is 1. The SMILES string of the molecule is Cc1cc(C)c(C)c(C(N)CC(C)(C)N)c1C. The van der Waals surface area contributed by atoms with Crippen LogP contribution in [0.4, 0.5) is 0 Å². The predicted molar refractivity (Wildman–Crippen MR) is 75.2 cm³/mol. The highest BCUT2D eigenvalue weighted by molar-refractivity contribution is 5.45. The fraction of sp³-hybridized carbons (Fsp3) is 0.600. The number of aryl methyl sites for hydroxylation is 2. The molecule has 2 nitrogen and oxygen atoms in total. The Morgan fingerprint density at radius 1 is 1.06 bits per heavy atom. The number of hydrogen-bond acceptors (Lipinski definition) is 2. The molecular formula is C15H26N2. The molecule has 0 saturated heterocycles. The lowest BCUT2D eigenvalue weighted by Gasteiger charge is -2.27. The van der Waals surface area contributed by atoms with E-state index in [1.165, 1.54) is 27.8 Å². The lowest BCUT2D eigenvalue weighted by molar-refractivity contribution is 0.427. The Labute approximate surface area is 105 Å². The Kier molecular flexibility index (Phi) is 4.00. The number of rotatable bonds is 3. The number of nitrogens with two attached hydrogens (primary N) is 2. The Morgan fingerprint density at radius 2 is 1.47 bits per heavy atom. The maximum atomic E-state index is 6.34. The van der Waals surface area contributed by atoms with Gasteiger partial charge in [-0.3, -0.25) is 0 Å². The van der Waals surface area contributed by atoms with Crippen molar-refractivity contribution >= 4 is 0 Å². The molecule has 0 radical (unpaired) electrons. The van der Waals surface area contributed by atoms with Crippen LogP contribution in [0.15, 0.2) is 6.07 Å². The van der Waals surface area contributed by atoms with Crippen LogP contribution in [0.1, 0.15) is 54.1 Å². The highest BCUT2D eigenvalue weighted by Gasteiger charge is 2.21. The van der Waals surface area contributed by atoms with Crippen molar-refractivity contribution in [2.75, 3.05) is 0 Å². The first-order chi connectivity index (χ1) is 7.63. The normalized spacial score (nSPS) is 13.9. The van der Waals surface area contributed by atoms with Crippen molar-refractivity contribution in [1.82, 2.24) is 0 Å². The molecule has 96 valence electrons. The zero-order chi connectivity index (χ0) is 13.4. The van der Waals surface area contributed by atoms with Crippen molar-refractivity contribution in [3.05, 3.63) is 33.9 Å². The van der Waals surface area contributed by atoms with Gasteiger partial charge in [0.15, 0.2) is 0 Å². The lowest BCUT2D eigenvalue weighted by Crippen LogP contribution is -2.36. The van der Waals surface area contributed by atoms with Crippen LogP contribution in [-0.2, 0) is 0 Å². The van der Waals surface area contributed by atoms with Gasteiger partial charge in [0.25, 0.3) is 0 Å². The molecule has 1 atom stereocenters. The molecule has 1 aromatic rings. The van der Waals surface area contributed by atoms with E-state index in [2.05, 4.69) is 33.8 Å². The van der Waals surface area contributed by atoms with Gasteiger partial charge < -0.3 is 11.5 Å². The topological polar surface area (TPSA) is 52.0 Å². The average Bonchev–Trinajstić information content (AvgIpc) is 2.12. The first kappa shape index (κ1) is 14.2. The van der Waals surface area contributed by atoms with Crippen molar-refractivity contribution in [2.45, 2.75) is 59.5 Å². The van der Waals surface area contributed by atoms with Gasteiger partial charge in [-0.2, -0.15) is 0 Å². The predicted octanol–water partition coefficient (Wildman–Crippen LogP) is 3.05. The van der Waals surface area contributed by atoms with Crippen molar-refractivity contribution in [3.63, 3.8) is 0 Å². The summed E-state index contributed by atoms with van der Waals surface area (Å²) in [5.74, 6) is 0. The quantitative estimate of drug-likeness (QED) is 0.844. The lowest BCUT2D eigenvalue weighted by atomic mass is 9.85. The van der Waals surface area contributed by atoms with Gasteiger partial charge in [0.2, 0.25) is 0 Å². The molecule has 0 bridgehead atoms. The third-order valence-corrected chi connectivity index (χ3v) is 3.54. The minimum absolute atomic E-state index is 0.0219. The minimum atomic E-state index is -0.226. The van der Waals surface area contributed by atoms with Gasteiger partial charge in [0.1, 0.15) is 0 Å². The highest BCUT2D eigenvalue weighted by Crippen LogP contribution is 2.29. The van der Waals surface area contributed by atoms with E-state index in [-0.39, 0.29) is 11.6 Å². The van der Waals surface area contributed by atoms with Crippen molar-refractivity contribution in [1.29, 1.82) is 0 Å². The van der Waals surface area contributed by atoms with Crippen molar-refractivity contribution in [2.24, 2.45) is 11.5 Å². The van der Waals surface area contributed by atoms with E-state index in [0.717, 1.165) is 6.42 Å². The van der Waals surface area contributed by atoms with E-state index in [9.17, 15) is 0 Å². The summed E-state index contributed by atoms with van der Waals surface area (Å²) in [5.41, 5.74) is 18.7. The Balaban J connectivity index is 3.21. The van der Waals surface area contributed by atoms with Crippen LogP contribution in [0, 0.1) is 27.7 Å². The maximum absolute atomic E-state index is 6.34. The van der Waals surface area contributed by atoms with Gasteiger partial charge in [0.05, 0.1) is 0 Å². The molecule has 0 aliphatic rings. The molecule has 4 N–H and O–H groups in total. The van der Waals surface area contributed by atoms with Crippen LogP contribution in [0.5, 0.6) is 0 Å². The molecule has 0 aliphatic carbocycles. The maximum Gasteiger partial charge on any atom is 0.0317 e. The van der Waals surface area contributed by atoms with Gasteiger partial charge in [-0.15, -0.1) is 0 Å². The fourth-order valence-corrected chi connectivity index (χ4v) is 2.47. The van der Waals surface area contributed by atoms with E-state index in [0.29, 0.717) is 0 Å². The fourth-order valence-electron chi connectivity index (χ4n) is 2.47. The zero-order valence-electron chi connectivity index (χ0n) is 12.0. The molecule has 0 aliphatic heterocycles. The smallest absolute Gasteiger partial charge is 0.0317 e. The third-order valence-electron chi connectivity index (χ3n) is 3.54. The molecule has 1 rings (SSSR count). The van der Waals surface area contributed by atoms with E-state index >= 15 is 0 Å². The molecule has 0 amide bonds. The largest absolute Gasteiger partial charge is 0.325 e. The average molecular weight is 234 g/mol. The molecule has 2 heteroatoms. The van der Waals surface area contributed by atoms with E-state index in [1.807, 2.05) is 13.8 Å². The molecule has 17 heavy (non-hydrogen) atoms. The minimum Gasteiger partial charge on any atom is -0.325 e. The summed E-state index contributed by atoms with van der Waals surface area (Å²) in [7, 11) is 0. The third kappa shape index (κ3) is 3.30. The Morgan fingerprint density at radius 3 is 1.82 bits per heavy atom. The zero-order valence-corrected chi connectivity index (χ0v) is 12.0. The molecule has 0 saturated carbocycles. The van der Waals surface area contributed by atoms with Gasteiger partial charge in [-0.1, -0.05) is 6.07 Å². The molecule has 0 fully saturated rings. The Bertz CT molecular complexity index is 388. The van der Waals surface area contributed by atoms with Crippen molar-refractivity contribution < 1.29 is 0 Å². The molecular weight excluding hydrogens is 208 g/mol. The van der Waals surface area contributed by atoms with Gasteiger partial charge in [0, 0.05) is 11.6 Å². The summed E-state index contributed by atoms with van der Waals surface area (Å²) in [6.45, 7) is 12.7. The molecule has 0 spiro atoms. The van der Waals surface area contributed by atoms with Crippen LogP contribution < -0.4 is 11.5 Å². The van der Waals surface area contributed by atoms with Gasteiger partial charge in [-0.05, 0) is 75.8 Å². The molecule has 0 heterocycles. The van der Waals surface area contributed by atoms with Gasteiger partial charge >= 0.3 is 0 Å². The Hall–Kier alpha value is -0.860. The van der Waals surface area contributed by atoms with E-state index in [4.69, 9.17) is 11.5 Å². The first-order valence-electron chi connectivity index (χ1n) is 6.25. The van der Waals surface area contributed by atoms with E-state index < -0.39 is 0 Å². The van der Waals surface area contributed by atoms with Crippen LogP contribution >= 0.6 is 0 Å². The molecule has 1 unspecified atom stereocenters. The van der Waals surface area contributed by atoms with E-state index in [1.54, 1.807) is 0 Å². The van der Waals surface area contributed by atoms with Crippen LogP contribution in [-0.4, -0.2) is 5.54 Å². The van der Waals surface area contributed by atoms with Crippen LogP contribution in [0.3, 0.4) is 0 Å². The van der Waals surface area contributed by atoms with Crippen LogP contribution in [0.25, 0.3) is 0 Å².